The van der Waals surface area contributed by atoms with Gasteiger partial charge in [-0.05, 0) is 51.2 Å². The summed E-state index contributed by atoms with van der Waals surface area (Å²) in [5, 5.41) is 15.8. The summed E-state index contributed by atoms with van der Waals surface area (Å²) in [5.74, 6) is -1.53. The minimum absolute atomic E-state index is 0.0551. The molecule has 2 aromatic heterocycles. The van der Waals surface area contributed by atoms with Crippen LogP contribution in [0, 0.1) is 12.8 Å². The zero-order valence-electron chi connectivity index (χ0n) is 27.4. The second-order valence-corrected chi connectivity index (χ2v) is 12.1. The van der Waals surface area contributed by atoms with Crippen LogP contribution in [0.3, 0.4) is 0 Å². The Morgan fingerprint density at radius 2 is 1.66 bits per heavy atom. The van der Waals surface area contributed by atoms with Crippen LogP contribution < -0.4 is 21.3 Å². The summed E-state index contributed by atoms with van der Waals surface area (Å²) < 4.78 is 1.46. The molecule has 5 amide bonds. The summed E-state index contributed by atoms with van der Waals surface area (Å²) >= 11 is 0. The third-order valence-electron chi connectivity index (χ3n) is 7.64. The van der Waals surface area contributed by atoms with Crippen molar-refractivity contribution in [2.75, 3.05) is 19.6 Å². The molecule has 0 saturated carbocycles. The number of amides is 5. The van der Waals surface area contributed by atoms with Crippen LogP contribution >= 0.6 is 0 Å². The fourth-order valence-corrected chi connectivity index (χ4v) is 5.21. The Labute approximate surface area is 274 Å². The first-order valence-electron chi connectivity index (χ1n) is 15.8. The predicted octanol–water partition coefficient (Wildman–Crippen LogP) is 1.52. The quantitative estimate of drug-likeness (QED) is 0.330. The van der Waals surface area contributed by atoms with Gasteiger partial charge in [-0.15, -0.1) is 0 Å². The lowest BCUT2D eigenvalue weighted by atomic mass is 10.0. The number of fused-ring (bicyclic) bond motifs is 1. The zero-order chi connectivity index (χ0) is 34.1. The third-order valence-corrected chi connectivity index (χ3v) is 7.64. The maximum Gasteiger partial charge on any atom is 0.273 e. The van der Waals surface area contributed by atoms with Crippen molar-refractivity contribution in [1.82, 2.24) is 45.9 Å². The Bertz CT molecular complexity index is 1590. The van der Waals surface area contributed by atoms with E-state index in [4.69, 9.17) is 0 Å². The maximum atomic E-state index is 13.5. The van der Waals surface area contributed by atoms with E-state index in [9.17, 15) is 24.0 Å². The summed E-state index contributed by atoms with van der Waals surface area (Å²) in [6.07, 6.45) is 2.18. The molecule has 250 valence electrons. The van der Waals surface area contributed by atoms with E-state index in [2.05, 4.69) is 36.3 Å². The topological polar surface area (TPSA) is 180 Å². The Kier molecular flexibility index (Phi) is 11.8. The molecule has 0 fully saturated rings. The first kappa shape index (κ1) is 34.7. The highest BCUT2D eigenvalue weighted by molar-refractivity contribution is 5.97. The van der Waals surface area contributed by atoms with Gasteiger partial charge in [0.05, 0.1) is 12.6 Å². The molecule has 0 radical (unpaired) electrons. The molecule has 14 nitrogen and oxygen atoms in total. The number of hydrogen-bond donors (Lipinski definition) is 4. The van der Waals surface area contributed by atoms with Crippen molar-refractivity contribution in [3.63, 3.8) is 0 Å². The lowest BCUT2D eigenvalue weighted by Gasteiger charge is -2.25. The number of carbonyl (C=O) groups excluding carboxylic acids is 5. The molecule has 14 heteroatoms. The van der Waals surface area contributed by atoms with E-state index in [0.717, 1.165) is 5.56 Å². The molecular weight excluding hydrogens is 602 g/mol. The summed E-state index contributed by atoms with van der Waals surface area (Å²) in [6.45, 7) is 8.71. The molecule has 3 aromatic rings. The second kappa shape index (κ2) is 15.9. The number of benzene rings is 1. The summed E-state index contributed by atoms with van der Waals surface area (Å²) in [7, 11) is 0. The highest BCUT2D eigenvalue weighted by atomic mass is 16.2. The molecule has 1 aliphatic heterocycles. The van der Waals surface area contributed by atoms with E-state index in [1.807, 2.05) is 44.2 Å². The van der Waals surface area contributed by atoms with Gasteiger partial charge in [0.25, 0.3) is 5.91 Å². The van der Waals surface area contributed by atoms with E-state index < -0.39 is 41.8 Å². The van der Waals surface area contributed by atoms with Gasteiger partial charge in [-0.1, -0.05) is 50.2 Å². The predicted molar refractivity (Wildman–Crippen MR) is 174 cm³/mol. The van der Waals surface area contributed by atoms with Gasteiger partial charge in [-0.25, -0.2) is 9.67 Å². The largest absolute Gasteiger partial charge is 0.354 e. The molecule has 3 atom stereocenters. The Morgan fingerprint density at radius 1 is 0.915 bits per heavy atom. The van der Waals surface area contributed by atoms with Crippen molar-refractivity contribution in [1.29, 1.82) is 0 Å². The SMILES string of the molecule is Cc1cccnc1C(=O)N1CCCNC(=O)Cn2nc(-c3ccccc3)nc2[C@H](C)NC(=O)[C@@H](CC(C)C)NC(=O)[C@@H](C)NC(=O)C1. The highest BCUT2D eigenvalue weighted by Crippen LogP contribution is 2.19. The Balaban J connectivity index is 1.64. The number of carbonyl (C=O) groups is 5. The van der Waals surface area contributed by atoms with Crippen LogP contribution in [-0.2, 0) is 25.7 Å². The number of nitrogens with one attached hydrogen (secondary N) is 4. The van der Waals surface area contributed by atoms with Gasteiger partial charge in [0.2, 0.25) is 23.6 Å². The molecular formula is C33H43N9O5. The van der Waals surface area contributed by atoms with Crippen molar-refractivity contribution < 1.29 is 24.0 Å². The van der Waals surface area contributed by atoms with Crippen molar-refractivity contribution in [2.24, 2.45) is 5.92 Å². The number of nitrogens with zero attached hydrogens (tertiary/aromatic N) is 5. The van der Waals surface area contributed by atoms with Crippen LogP contribution in [0.25, 0.3) is 11.4 Å². The van der Waals surface area contributed by atoms with Crippen LogP contribution in [0.5, 0.6) is 0 Å². The smallest absolute Gasteiger partial charge is 0.273 e. The second-order valence-electron chi connectivity index (χ2n) is 12.1. The number of rotatable bonds is 4. The van der Waals surface area contributed by atoms with Crippen molar-refractivity contribution in [3.05, 3.63) is 65.7 Å². The fourth-order valence-electron chi connectivity index (χ4n) is 5.21. The average Bonchev–Trinajstić information content (AvgIpc) is 3.45. The average molecular weight is 646 g/mol. The van der Waals surface area contributed by atoms with Gasteiger partial charge < -0.3 is 26.2 Å². The molecule has 0 unspecified atom stereocenters. The molecule has 4 N–H and O–H groups in total. The fraction of sp³-hybridized carbons (Fsp3) is 0.455. The highest BCUT2D eigenvalue weighted by Gasteiger charge is 2.29. The summed E-state index contributed by atoms with van der Waals surface area (Å²) in [5.41, 5.74) is 1.60. The van der Waals surface area contributed by atoms with Crippen LogP contribution in [0.1, 0.15) is 68.5 Å². The maximum absolute atomic E-state index is 13.5. The van der Waals surface area contributed by atoms with Gasteiger partial charge in [0.1, 0.15) is 30.1 Å². The zero-order valence-corrected chi connectivity index (χ0v) is 27.4. The minimum atomic E-state index is -0.992. The standard InChI is InChI=1S/C33H43N9O5/c1-20(2)17-25-32(46)37-22(4)30-39-29(24-12-7-6-8-13-24)40-42(30)19-26(43)34-15-10-16-41(18-27(44)36-23(5)31(45)38-25)33(47)28-21(3)11-9-14-35-28/h6-9,11-14,20,22-23,25H,10,15-19H2,1-5H3,(H,34,43)(H,36,44)(H,37,46)(H,38,45)/t22-,23+,25+/m0/s1. The van der Waals surface area contributed by atoms with E-state index in [1.54, 1.807) is 26.0 Å². The Morgan fingerprint density at radius 3 is 2.36 bits per heavy atom. The molecule has 0 aliphatic carbocycles. The number of aryl methyl sites for hydroxylation is 1. The van der Waals surface area contributed by atoms with Crippen LogP contribution in [0.2, 0.25) is 0 Å². The molecule has 3 heterocycles. The van der Waals surface area contributed by atoms with Crippen molar-refractivity contribution in [3.8, 4) is 11.4 Å². The van der Waals surface area contributed by atoms with Crippen LogP contribution in [-0.4, -0.2) is 85.9 Å². The molecule has 0 spiro atoms. The van der Waals surface area contributed by atoms with Gasteiger partial charge in [0, 0.05) is 24.8 Å². The minimum Gasteiger partial charge on any atom is -0.354 e. The molecule has 4 rings (SSSR count). The lowest BCUT2D eigenvalue weighted by Crippen LogP contribution is -2.54. The van der Waals surface area contributed by atoms with E-state index >= 15 is 0 Å². The van der Waals surface area contributed by atoms with E-state index in [-0.39, 0.29) is 43.7 Å². The molecule has 0 saturated heterocycles. The van der Waals surface area contributed by atoms with E-state index in [1.165, 1.54) is 22.7 Å². The van der Waals surface area contributed by atoms with Crippen LogP contribution in [0.15, 0.2) is 48.7 Å². The molecule has 1 aliphatic rings. The van der Waals surface area contributed by atoms with Gasteiger partial charge >= 0.3 is 0 Å². The van der Waals surface area contributed by atoms with Crippen molar-refractivity contribution in [2.45, 2.75) is 72.1 Å². The number of pyridine rings is 1. The Hall–Kier alpha value is -5.14. The lowest BCUT2D eigenvalue weighted by molar-refractivity contribution is -0.132. The number of aromatic nitrogens is 4. The molecule has 1 aromatic carbocycles. The summed E-state index contributed by atoms with van der Waals surface area (Å²) in [4.78, 5) is 76.6. The van der Waals surface area contributed by atoms with Crippen LogP contribution in [0.4, 0.5) is 0 Å². The molecule has 47 heavy (non-hydrogen) atoms. The van der Waals surface area contributed by atoms with E-state index in [0.29, 0.717) is 30.1 Å². The van der Waals surface area contributed by atoms with Gasteiger partial charge in [-0.2, -0.15) is 5.10 Å². The molecule has 0 bridgehead atoms. The normalized spacial score (nSPS) is 20.6. The monoisotopic (exact) mass is 645 g/mol. The van der Waals surface area contributed by atoms with Crippen molar-refractivity contribution >= 4 is 29.5 Å². The first-order chi connectivity index (χ1) is 22.4. The number of hydrogen-bond acceptors (Lipinski definition) is 8. The first-order valence-corrected chi connectivity index (χ1v) is 15.8. The third kappa shape index (κ3) is 9.44. The summed E-state index contributed by atoms with van der Waals surface area (Å²) in [6, 6.07) is 10.2. The van der Waals surface area contributed by atoms with Gasteiger partial charge in [0.15, 0.2) is 5.82 Å². The van der Waals surface area contributed by atoms with Gasteiger partial charge in [-0.3, -0.25) is 29.0 Å².